The van der Waals surface area contributed by atoms with Crippen molar-refractivity contribution in [2.75, 3.05) is 45.2 Å². The molecule has 0 unspecified atom stereocenters. The maximum absolute atomic E-state index is 12.9. The molecule has 0 spiro atoms. The van der Waals surface area contributed by atoms with E-state index in [0.717, 1.165) is 5.56 Å². The van der Waals surface area contributed by atoms with E-state index in [4.69, 9.17) is 16.3 Å². The van der Waals surface area contributed by atoms with E-state index in [9.17, 15) is 18.0 Å². The number of halogens is 1. The van der Waals surface area contributed by atoms with E-state index in [1.807, 2.05) is 19.1 Å². The summed E-state index contributed by atoms with van der Waals surface area (Å²) >= 11 is 6.14. The van der Waals surface area contributed by atoms with Gasteiger partial charge in [-0.15, -0.1) is 0 Å². The molecule has 2 aromatic rings. The maximum atomic E-state index is 12.9. The smallest absolute Gasteiger partial charge is 0.254 e. The molecule has 0 atom stereocenters. The van der Waals surface area contributed by atoms with Crippen LogP contribution in [0.1, 0.15) is 15.9 Å². The molecule has 2 aromatic carbocycles. The molecule has 166 valence electrons. The summed E-state index contributed by atoms with van der Waals surface area (Å²) in [6.07, 6.45) is 0. The van der Waals surface area contributed by atoms with Gasteiger partial charge in [0.2, 0.25) is 15.9 Å². The normalized spacial score (nSPS) is 14.8. The Morgan fingerprint density at radius 1 is 1.13 bits per heavy atom. The highest BCUT2D eigenvalue weighted by Gasteiger charge is 2.28. The number of aryl methyl sites for hydroxylation is 1. The van der Waals surface area contributed by atoms with Crippen LogP contribution in [0.5, 0.6) is 0 Å². The Bertz CT molecular complexity index is 1070. The largest absolute Gasteiger partial charge is 0.379 e. The maximum Gasteiger partial charge on any atom is 0.254 e. The van der Waals surface area contributed by atoms with Crippen molar-refractivity contribution in [2.45, 2.75) is 11.8 Å². The van der Waals surface area contributed by atoms with Crippen LogP contribution in [0.4, 0.5) is 5.69 Å². The van der Waals surface area contributed by atoms with Crippen LogP contribution in [0.25, 0.3) is 0 Å². The molecule has 1 heterocycles. The Morgan fingerprint density at radius 2 is 1.77 bits per heavy atom. The van der Waals surface area contributed by atoms with Gasteiger partial charge in [0.1, 0.15) is 4.90 Å². The molecule has 0 aliphatic carbocycles. The zero-order valence-corrected chi connectivity index (χ0v) is 18.9. The van der Waals surface area contributed by atoms with Crippen LogP contribution in [0, 0.1) is 6.92 Å². The zero-order chi connectivity index (χ0) is 22.6. The first-order chi connectivity index (χ1) is 14.7. The van der Waals surface area contributed by atoms with Gasteiger partial charge in [0, 0.05) is 31.4 Å². The van der Waals surface area contributed by atoms with Crippen LogP contribution < -0.4 is 5.32 Å². The molecule has 2 amide bonds. The van der Waals surface area contributed by atoms with E-state index in [0.29, 0.717) is 18.8 Å². The highest BCUT2D eigenvalue weighted by atomic mass is 35.5. The average molecular weight is 466 g/mol. The van der Waals surface area contributed by atoms with Crippen molar-refractivity contribution in [3.63, 3.8) is 0 Å². The van der Waals surface area contributed by atoms with E-state index < -0.39 is 15.9 Å². The zero-order valence-electron chi connectivity index (χ0n) is 17.3. The number of ether oxygens (including phenoxy) is 1. The Morgan fingerprint density at radius 3 is 2.42 bits per heavy atom. The minimum atomic E-state index is -3.82. The van der Waals surface area contributed by atoms with Crippen LogP contribution >= 0.6 is 11.6 Å². The van der Waals surface area contributed by atoms with Crippen LogP contribution in [0.3, 0.4) is 0 Å². The summed E-state index contributed by atoms with van der Waals surface area (Å²) in [5.41, 5.74) is 1.78. The lowest BCUT2D eigenvalue weighted by Gasteiger charge is -2.26. The number of hydrogen-bond donors (Lipinski definition) is 1. The molecule has 0 saturated carbocycles. The van der Waals surface area contributed by atoms with Crippen LogP contribution in [0.2, 0.25) is 5.02 Å². The van der Waals surface area contributed by atoms with Crippen molar-refractivity contribution >= 4 is 39.1 Å². The Balaban J connectivity index is 1.69. The van der Waals surface area contributed by atoms with Gasteiger partial charge in [0.05, 0.1) is 24.8 Å². The lowest BCUT2D eigenvalue weighted by atomic mass is 10.1. The van der Waals surface area contributed by atoms with Gasteiger partial charge in [-0.1, -0.05) is 29.3 Å². The van der Waals surface area contributed by atoms with Crippen molar-refractivity contribution in [1.82, 2.24) is 9.21 Å². The number of carbonyl (C=O) groups excluding carboxylic acids is 2. The quantitative estimate of drug-likeness (QED) is 0.706. The number of nitrogens with zero attached hydrogens (tertiary/aromatic N) is 2. The molecular weight excluding hydrogens is 442 g/mol. The van der Waals surface area contributed by atoms with E-state index in [2.05, 4.69) is 5.32 Å². The SMILES string of the molecule is Cc1ccc(C(=O)N(C)CC(=O)Nc2ccc(Cl)c(S(=O)(=O)N3CCOCC3)c2)cc1. The van der Waals surface area contributed by atoms with Crippen molar-refractivity contribution in [3.8, 4) is 0 Å². The third kappa shape index (κ3) is 5.62. The number of morpholine rings is 1. The fourth-order valence-corrected chi connectivity index (χ4v) is 5.02. The monoisotopic (exact) mass is 465 g/mol. The number of anilines is 1. The van der Waals surface area contributed by atoms with Crippen molar-refractivity contribution in [3.05, 3.63) is 58.6 Å². The van der Waals surface area contributed by atoms with E-state index in [1.165, 1.54) is 34.5 Å². The molecule has 10 heteroatoms. The number of benzene rings is 2. The molecule has 0 aromatic heterocycles. The van der Waals surface area contributed by atoms with Gasteiger partial charge in [0.25, 0.3) is 5.91 Å². The second kappa shape index (κ2) is 9.78. The van der Waals surface area contributed by atoms with Gasteiger partial charge in [-0.2, -0.15) is 4.31 Å². The van der Waals surface area contributed by atoms with Gasteiger partial charge in [-0.25, -0.2) is 8.42 Å². The highest BCUT2D eigenvalue weighted by molar-refractivity contribution is 7.89. The topological polar surface area (TPSA) is 96.0 Å². The number of likely N-dealkylation sites (N-methyl/N-ethyl adjacent to an activating group) is 1. The lowest BCUT2D eigenvalue weighted by molar-refractivity contribution is -0.116. The fourth-order valence-electron chi connectivity index (χ4n) is 3.11. The first kappa shape index (κ1) is 23.2. The molecule has 1 fully saturated rings. The molecule has 31 heavy (non-hydrogen) atoms. The van der Waals surface area contributed by atoms with Crippen LogP contribution in [-0.4, -0.2) is 69.3 Å². The molecule has 0 radical (unpaired) electrons. The predicted octanol–water partition coefficient (Wildman–Crippen LogP) is 2.38. The van der Waals surface area contributed by atoms with Crippen LogP contribution in [-0.2, 0) is 19.6 Å². The predicted molar refractivity (Wildman–Crippen MR) is 118 cm³/mol. The number of carbonyl (C=O) groups is 2. The van der Waals surface area contributed by atoms with E-state index >= 15 is 0 Å². The van der Waals surface area contributed by atoms with Gasteiger partial charge in [-0.3, -0.25) is 9.59 Å². The molecule has 3 rings (SSSR count). The Hall–Kier alpha value is -2.46. The van der Waals surface area contributed by atoms with Gasteiger partial charge < -0.3 is 15.0 Å². The molecule has 0 bridgehead atoms. The van der Waals surface area contributed by atoms with Crippen molar-refractivity contribution < 1.29 is 22.7 Å². The summed E-state index contributed by atoms with van der Waals surface area (Å²) < 4.78 is 32.3. The van der Waals surface area contributed by atoms with Crippen molar-refractivity contribution in [2.24, 2.45) is 0 Å². The molecule has 1 aliphatic rings. The number of hydrogen-bond acceptors (Lipinski definition) is 5. The van der Waals surface area contributed by atoms with Gasteiger partial charge in [0.15, 0.2) is 0 Å². The third-order valence-electron chi connectivity index (χ3n) is 4.83. The average Bonchev–Trinajstić information content (AvgIpc) is 2.75. The number of nitrogens with one attached hydrogen (secondary N) is 1. The Kier molecular flexibility index (Phi) is 7.32. The molecule has 1 saturated heterocycles. The standard InChI is InChI=1S/C21H24ClN3O5S/c1-15-3-5-16(6-4-15)21(27)24(2)14-20(26)23-17-7-8-18(22)19(13-17)31(28,29)25-9-11-30-12-10-25/h3-8,13H,9-12,14H2,1-2H3,(H,23,26). The fraction of sp³-hybridized carbons (Fsp3) is 0.333. The summed E-state index contributed by atoms with van der Waals surface area (Å²) in [6, 6.07) is 11.3. The van der Waals surface area contributed by atoms with Gasteiger partial charge >= 0.3 is 0 Å². The summed E-state index contributed by atoms with van der Waals surface area (Å²) in [4.78, 5) is 26.1. The third-order valence-corrected chi connectivity index (χ3v) is 7.21. The minimum absolute atomic E-state index is 0.0659. The van der Waals surface area contributed by atoms with E-state index in [-0.39, 0.29) is 41.1 Å². The first-order valence-electron chi connectivity index (χ1n) is 9.68. The molecule has 1 aliphatic heterocycles. The summed E-state index contributed by atoms with van der Waals surface area (Å²) in [5, 5.41) is 2.70. The number of sulfonamides is 1. The Labute approximate surface area is 186 Å². The lowest BCUT2D eigenvalue weighted by Crippen LogP contribution is -2.40. The minimum Gasteiger partial charge on any atom is -0.379 e. The summed E-state index contributed by atoms with van der Waals surface area (Å²) in [5.74, 6) is -0.748. The summed E-state index contributed by atoms with van der Waals surface area (Å²) in [7, 11) is -2.30. The highest BCUT2D eigenvalue weighted by Crippen LogP contribution is 2.28. The number of rotatable bonds is 6. The summed E-state index contributed by atoms with van der Waals surface area (Å²) in [6.45, 7) is 2.83. The second-order valence-corrected chi connectivity index (χ2v) is 9.55. The van der Waals surface area contributed by atoms with E-state index in [1.54, 1.807) is 12.1 Å². The molecular formula is C21H24ClN3O5S. The van der Waals surface area contributed by atoms with Crippen LogP contribution in [0.15, 0.2) is 47.4 Å². The van der Waals surface area contributed by atoms with Gasteiger partial charge in [-0.05, 0) is 37.3 Å². The second-order valence-electron chi connectivity index (χ2n) is 7.24. The molecule has 8 nitrogen and oxygen atoms in total. The molecule has 1 N–H and O–H groups in total. The van der Waals surface area contributed by atoms with Crippen molar-refractivity contribution in [1.29, 1.82) is 0 Å². The number of amides is 2. The first-order valence-corrected chi connectivity index (χ1v) is 11.5.